The molecule has 0 saturated heterocycles. The fraction of sp³-hybridized carbons (Fsp3) is 0.667. The Morgan fingerprint density at radius 2 is 2.44 bits per heavy atom. The monoisotopic (exact) mass is 218 g/mol. The van der Waals surface area contributed by atoms with E-state index in [1.165, 1.54) is 12.8 Å². The first kappa shape index (κ1) is 11.2. The van der Waals surface area contributed by atoms with Crippen LogP contribution in [0.3, 0.4) is 0 Å². The summed E-state index contributed by atoms with van der Waals surface area (Å²) in [7, 11) is 2.01. The SMILES string of the molecule is Cn1ccnc1CCNCC1(CC#N)CC1. The molecular formula is C12H18N4. The summed E-state index contributed by atoms with van der Waals surface area (Å²) < 4.78 is 2.05. The van der Waals surface area contributed by atoms with Gasteiger partial charge in [0.05, 0.1) is 6.07 Å². The molecule has 0 atom stereocenters. The van der Waals surface area contributed by atoms with Gasteiger partial charge in [0, 0.05) is 45.4 Å². The van der Waals surface area contributed by atoms with Gasteiger partial charge in [-0.3, -0.25) is 0 Å². The number of hydrogen-bond acceptors (Lipinski definition) is 3. The van der Waals surface area contributed by atoms with E-state index in [2.05, 4.69) is 16.4 Å². The summed E-state index contributed by atoms with van der Waals surface area (Å²) in [6.45, 7) is 1.92. The maximum absolute atomic E-state index is 8.69. The molecule has 0 aliphatic heterocycles. The Labute approximate surface area is 96.3 Å². The maximum atomic E-state index is 8.69. The zero-order chi connectivity index (χ0) is 11.4. The van der Waals surface area contributed by atoms with Crippen molar-refractivity contribution in [3.63, 3.8) is 0 Å². The Hall–Kier alpha value is -1.34. The molecule has 0 spiro atoms. The van der Waals surface area contributed by atoms with Crippen LogP contribution in [-0.2, 0) is 13.5 Å². The largest absolute Gasteiger partial charge is 0.338 e. The molecule has 4 nitrogen and oxygen atoms in total. The molecule has 0 unspecified atom stereocenters. The van der Waals surface area contributed by atoms with Crippen molar-refractivity contribution in [2.75, 3.05) is 13.1 Å². The van der Waals surface area contributed by atoms with E-state index < -0.39 is 0 Å². The highest BCUT2D eigenvalue weighted by atomic mass is 15.0. The van der Waals surface area contributed by atoms with E-state index >= 15 is 0 Å². The molecule has 4 heteroatoms. The van der Waals surface area contributed by atoms with Crippen molar-refractivity contribution in [2.24, 2.45) is 12.5 Å². The van der Waals surface area contributed by atoms with Crippen LogP contribution in [0.5, 0.6) is 0 Å². The van der Waals surface area contributed by atoms with Crippen molar-refractivity contribution < 1.29 is 0 Å². The molecule has 0 radical (unpaired) electrons. The number of nitrogens with zero attached hydrogens (tertiary/aromatic N) is 3. The molecule has 1 aliphatic rings. The summed E-state index contributed by atoms with van der Waals surface area (Å²) >= 11 is 0. The number of rotatable bonds is 6. The fourth-order valence-electron chi connectivity index (χ4n) is 1.95. The first-order chi connectivity index (χ1) is 7.76. The molecule has 1 aromatic rings. The lowest BCUT2D eigenvalue weighted by Crippen LogP contribution is -2.26. The van der Waals surface area contributed by atoms with Gasteiger partial charge in [0.15, 0.2) is 0 Å². The second-order valence-electron chi connectivity index (χ2n) is 4.72. The molecule has 0 amide bonds. The van der Waals surface area contributed by atoms with Crippen molar-refractivity contribution in [1.82, 2.24) is 14.9 Å². The minimum absolute atomic E-state index is 0.302. The fourth-order valence-corrected chi connectivity index (χ4v) is 1.95. The number of hydrogen-bond donors (Lipinski definition) is 1. The van der Waals surface area contributed by atoms with Gasteiger partial charge in [0.2, 0.25) is 0 Å². The van der Waals surface area contributed by atoms with Crippen LogP contribution in [0.25, 0.3) is 0 Å². The van der Waals surface area contributed by atoms with Gasteiger partial charge >= 0.3 is 0 Å². The van der Waals surface area contributed by atoms with E-state index in [-0.39, 0.29) is 0 Å². The number of imidazole rings is 1. The average molecular weight is 218 g/mol. The van der Waals surface area contributed by atoms with Gasteiger partial charge in [0.1, 0.15) is 5.82 Å². The zero-order valence-electron chi connectivity index (χ0n) is 9.74. The molecule has 86 valence electrons. The van der Waals surface area contributed by atoms with Crippen LogP contribution in [-0.4, -0.2) is 22.6 Å². The second kappa shape index (κ2) is 4.67. The Balaban J connectivity index is 1.66. The average Bonchev–Trinajstić information content (AvgIpc) is 2.91. The molecule has 0 aromatic carbocycles. The first-order valence-electron chi connectivity index (χ1n) is 5.80. The predicted octanol–water partition coefficient (Wildman–Crippen LogP) is 1.25. The summed E-state index contributed by atoms with van der Waals surface area (Å²) in [6.07, 6.45) is 7.85. The predicted molar refractivity (Wildman–Crippen MR) is 61.7 cm³/mol. The molecule has 1 N–H and O–H groups in total. The van der Waals surface area contributed by atoms with E-state index in [9.17, 15) is 0 Å². The highest BCUT2D eigenvalue weighted by Crippen LogP contribution is 2.47. The quantitative estimate of drug-likeness (QED) is 0.731. The number of aryl methyl sites for hydroxylation is 1. The first-order valence-corrected chi connectivity index (χ1v) is 5.80. The smallest absolute Gasteiger partial charge is 0.109 e. The summed E-state index contributed by atoms with van der Waals surface area (Å²) in [4.78, 5) is 4.27. The molecule has 0 bridgehead atoms. The van der Waals surface area contributed by atoms with Gasteiger partial charge in [-0.2, -0.15) is 5.26 Å². The van der Waals surface area contributed by atoms with Gasteiger partial charge in [-0.25, -0.2) is 4.98 Å². The van der Waals surface area contributed by atoms with Crippen LogP contribution in [0.15, 0.2) is 12.4 Å². The van der Waals surface area contributed by atoms with Crippen LogP contribution in [0.4, 0.5) is 0 Å². The summed E-state index contributed by atoms with van der Waals surface area (Å²) in [5, 5.41) is 12.1. The highest BCUT2D eigenvalue weighted by molar-refractivity contribution is 5.01. The normalized spacial score (nSPS) is 17.0. The molecule has 1 heterocycles. The van der Waals surface area contributed by atoms with E-state index in [0.29, 0.717) is 11.8 Å². The lowest BCUT2D eigenvalue weighted by molar-refractivity contribution is 0.466. The topological polar surface area (TPSA) is 53.6 Å². The van der Waals surface area contributed by atoms with Gasteiger partial charge in [-0.15, -0.1) is 0 Å². The van der Waals surface area contributed by atoms with Crippen molar-refractivity contribution in [3.05, 3.63) is 18.2 Å². The molecule has 16 heavy (non-hydrogen) atoms. The number of nitriles is 1. The van der Waals surface area contributed by atoms with Crippen LogP contribution >= 0.6 is 0 Å². The molecule has 1 aromatic heterocycles. The summed E-state index contributed by atoms with van der Waals surface area (Å²) in [6, 6.07) is 2.28. The molecule has 1 saturated carbocycles. The standard InChI is InChI=1S/C12H18N4/c1-16-9-8-15-11(16)2-7-14-10-12(3-4-12)5-6-13/h8-9,14H,2-5,7,10H2,1H3. The Bertz CT molecular complexity index is 384. The summed E-state index contributed by atoms with van der Waals surface area (Å²) in [5.74, 6) is 1.11. The lowest BCUT2D eigenvalue weighted by atomic mass is 10.0. The third-order valence-electron chi connectivity index (χ3n) is 3.36. The van der Waals surface area contributed by atoms with Crippen LogP contribution < -0.4 is 5.32 Å². The van der Waals surface area contributed by atoms with Gasteiger partial charge < -0.3 is 9.88 Å². The Kier molecular flexibility index (Phi) is 3.25. The molecule has 1 aliphatic carbocycles. The van der Waals surface area contributed by atoms with Crippen LogP contribution in [0, 0.1) is 16.7 Å². The third-order valence-corrected chi connectivity index (χ3v) is 3.36. The van der Waals surface area contributed by atoms with Gasteiger partial charge in [-0.05, 0) is 18.3 Å². The van der Waals surface area contributed by atoms with Crippen LogP contribution in [0.1, 0.15) is 25.1 Å². The minimum Gasteiger partial charge on any atom is -0.338 e. The molecule has 2 rings (SSSR count). The zero-order valence-corrected chi connectivity index (χ0v) is 9.74. The van der Waals surface area contributed by atoms with Crippen molar-refractivity contribution in [1.29, 1.82) is 5.26 Å². The van der Waals surface area contributed by atoms with E-state index in [0.717, 1.165) is 25.3 Å². The van der Waals surface area contributed by atoms with Gasteiger partial charge in [0.25, 0.3) is 0 Å². The van der Waals surface area contributed by atoms with Crippen molar-refractivity contribution in [2.45, 2.75) is 25.7 Å². The second-order valence-corrected chi connectivity index (χ2v) is 4.72. The lowest BCUT2D eigenvalue weighted by Gasteiger charge is -2.11. The third kappa shape index (κ3) is 2.61. The Morgan fingerprint density at radius 1 is 1.62 bits per heavy atom. The van der Waals surface area contributed by atoms with Crippen molar-refractivity contribution >= 4 is 0 Å². The highest BCUT2D eigenvalue weighted by Gasteiger charge is 2.41. The van der Waals surface area contributed by atoms with Crippen LogP contribution in [0.2, 0.25) is 0 Å². The van der Waals surface area contributed by atoms with E-state index in [4.69, 9.17) is 5.26 Å². The number of nitrogens with one attached hydrogen (secondary N) is 1. The summed E-state index contributed by atoms with van der Waals surface area (Å²) in [5.41, 5.74) is 0.302. The Morgan fingerprint density at radius 3 is 3.00 bits per heavy atom. The van der Waals surface area contributed by atoms with Gasteiger partial charge in [-0.1, -0.05) is 0 Å². The minimum atomic E-state index is 0.302. The molecule has 1 fully saturated rings. The van der Waals surface area contributed by atoms with Crippen molar-refractivity contribution in [3.8, 4) is 6.07 Å². The van der Waals surface area contributed by atoms with E-state index in [1.54, 1.807) is 0 Å². The maximum Gasteiger partial charge on any atom is 0.109 e. The van der Waals surface area contributed by atoms with E-state index in [1.807, 2.05) is 24.0 Å². The number of aromatic nitrogens is 2. The molecular weight excluding hydrogens is 200 g/mol.